The Hall–Kier alpha value is 0.190. The first-order chi connectivity index (χ1) is 3.91. The monoisotopic (exact) mass is 136 g/mol. The van der Waals surface area contributed by atoms with Crippen molar-refractivity contribution in [1.82, 2.24) is 0 Å². The van der Waals surface area contributed by atoms with Gasteiger partial charge in [-0.05, 0) is 6.42 Å². The Morgan fingerprint density at radius 1 is 1.50 bits per heavy atom. The van der Waals surface area contributed by atoms with Gasteiger partial charge in [-0.2, -0.15) is 0 Å². The van der Waals surface area contributed by atoms with Crippen molar-refractivity contribution in [2.45, 2.75) is 26.2 Å². The largest absolute Gasteiger partial charge is 0.332 e. The predicted octanol–water partition coefficient (Wildman–Crippen LogP) is 1.86. The summed E-state index contributed by atoms with van der Waals surface area (Å²) in [6.45, 7) is 2.80. The Labute approximate surface area is 51.5 Å². The lowest BCUT2D eigenvalue weighted by atomic mass is 10.3. The molecule has 2 nitrogen and oxygen atoms in total. The molecule has 0 aromatic rings. The standard InChI is InChI=1S/C5H13O2P/c1-2-3-4-5-7-8-6/h2-5,8H2,1H3. The lowest BCUT2D eigenvalue weighted by Crippen LogP contribution is -1.81. The molecule has 1 atom stereocenters. The van der Waals surface area contributed by atoms with Gasteiger partial charge < -0.3 is 4.52 Å². The Balaban J connectivity index is 2.62. The van der Waals surface area contributed by atoms with E-state index in [1.165, 1.54) is 12.8 Å². The Morgan fingerprint density at radius 3 is 2.75 bits per heavy atom. The summed E-state index contributed by atoms with van der Waals surface area (Å²) in [6, 6.07) is 0. The van der Waals surface area contributed by atoms with Gasteiger partial charge in [-0.3, -0.25) is 4.57 Å². The molecule has 0 spiro atoms. The molecule has 50 valence electrons. The van der Waals surface area contributed by atoms with Gasteiger partial charge in [0.05, 0.1) is 6.61 Å². The molecule has 8 heavy (non-hydrogen) atoms. The normalized spacial score (nSPS) is 11.1. The second-order valence-corrected chi connectivity index (χ2v) is 2.20. The molecule has 0 bridgehead atoms. The van der Waals surface area contributed by atoms with Gasteiger partial charge in [-0.1, -0.05) is 19.8 Å². The van der Waals surface area contributed by atoms with E-state index < -0.39 is 8.69 Å². The van der Waals surface area contributed by atoms with E-state index in [0.29, 0.717) is 6.61 Å². The van der Waals surface area contributed by atoms with Crippen molar-refractivity contribution < 1.29 is 9.09 Å². The highest BCUT2D eigenvalue weighted by Gasteiger charge is 1.82. The zero-order valence-electron chi connectivity index (χ0n) is 5.22. The van der Waals surface area contributed by atoms with E-state index in [0.717, 1.165) is 6.42 Å². The summed E-state index contributed by atoms with van der Waals surface area (Å²) >= 11 is 0. The van der Waals surface area contributed by atoms with Crippen molar-refractivity contribution in [2.75, 3.05) is 6.61 Å². The maximum atomic E-state index is 9.75. The lowest BCUT2D eigenvalue weighted by molar-refractivity contribution is 0.330. The van der Waals surface area contributed by atoms with E-state index in [9.17, 15) is 4.57 Å². The van der Waals surface area contributed by atoms with Gasteiger partial charge in [-0.15, -0.1) is 0 Å². The molecule has 0 aromatic heterocycles. The quantitative estimate of drug-likeness (QED) is 0.426. The van der Waals surface area contributed by atoms with Crippen LogP contribution >= 0.6 is 8.69 Å². The van der Waals surface area contributed by atoms with Gasteiger partial charge in [0.25, 0.3) is 0 Å². The number of unbranched alkanes of at least 4 members (excludes halogenated alkanes) is 2. The van der Waals surface area contributed by atoms with Crippen LogP contribution in [0.1, 0.15) is 26.2 Å². The van der Waals surface area contributed by atoms with E-state index in [1.54, 1.807) is 0 Å². The molecule has 0 amide bonds. The summed E-state index contributed by atoms with van der Waals surface area (Å²) in [5, 5.41) is 0. The average Bonchev–Trinajstić information content (AvgIpc) is 1.81. The molecule has 0 radical (unpaired) electrons. The lowest BCUT2D eigenvalue weighted by Gasteiger charge is -1.92. The first kappa shape index (κ1) is 8.19. The van der Waals surface area contributed by atoms with Crippen LogP contribution in [0.4, 0.5) is 0 Å². The summed E-state index contributed by atoms with van der Waals surface area (Å²) in [5.41, 5.74) is 0. The average molecular weight is 136 g/mol. The van der Waals surface area contributed by atoms with Gasteiger partial charge in [-0.25, -0.2) is 0 Å². The molecule has 0 aliphatic carbocycles. The minimum absolute atomic E-state index is 0.673. The summed E-state index contributed by atoms with van der Waals surface area (Å²) < 4.78 is 14.4. The van der Waals surface area contributed by atoms with Crippen LogP contribution in [0, 0.1) is 0 Å². The molecular weight excluding hydrogens is 123 g/mol. The fraction of sp³-hybridized carbons (Fsp3) is 1.00. The summed E-state index contributed by atoms with van der Waals surface area (Å²) in [4.78, 5) is 0. The van der Waals surface area contributed by atoms with Gasteiger partial charge in [0.2, 0.25) is 0 Å². The van der Waals surface area contributed by atoms with Crippen LogP contribution in [0.5, 0.6) is 0 Å². The highest BCUT2D eigenvalue weighted by atomic mass is 31.1. The molecular formula is C5H13O2P. The molecule has 0 N–H and O–H groups in total. The van der Waals surface area contributed by atoms with Crippen molar-refractivity contribution in [3.63, 3.8) is 0 Å². The maximum absolute atomic E-state index is 9.75. The second-order valence-electron chi connectivity index (χ2n) is 1.67. The van der Waals surface area contributed by atoms with Crippen LogP contribution in [0.15, 0.2) is 0 Å². The zero-order chi connectivity index (χ0) is 6.24. The van der Waals surface area contributed by atoms with Crippen molar-refractivity contribution in [3.05, 3.63) is 0 Å². The van der Waals surface area contributed by atoms with Crippen molar-refractivity contribution in [2.24, 2.45) is 0 Å². The molecule has 0 fully saturated rings. The smallest absolute Gasteiger partial charge is 0.179 e. The van der Waals surface area contributed by atoms with E-state index in [2.05, 4.69) is 11.4 Å². The molecule has 0 aromatic carbocycles. The van der Waals surface area contributed by atoms with Gasteiger partial charge in [0, 0.05) is 0 Å². The number of hydrogen-bond donors (Lipinski definition) is 0. The molecule has 0 saturated heterocycles. The number of hydrogen-bond acceptors (Lipinski definition) is 2. The van der Waals surface area contributed by atoms with E-state index >= 15 is 0 Å². The summed E-state index contributed by atoms with van der Waals surface area (Å²) in [6.07, 6.45) is 3.42. The van der Waals surface area contributed by atoms with Crippen LogP contribution in [0.2, 0.25) is 0 Å². The fourth-order valence-corrected chi connectivity index (χ4v) is 0.746. The summed E-state index contributed by atoms with van der Waals surface area (Å²) in [5.74, 6) is 0. The molecule has 0 heterocycles. The van der Waals surface area contributed by atoms with Crippen molar-refractivity contribution in [3.8, 4) is 0 Å². The molecule has 0 aliphatic rings. The van der Waals surface area contributed by atoms with Gasteiger partial charge in [0.15, 0.2) is 8.69 Å². The third kappa shape index (κ3) is 6.19. The molecule has 0 saturated carbocycles. The van der Waals surface area contributed by atoms with Gasteiger partial charge in [0.1, 0.15) is 0 Å². The minimum Gasteiger partial charge on any atom is -0.332 e. The van der Waals surface area contributed by atoms with E-state index in [1.807, 2.05) is 0 Å². The molecule has 1 unspecified atom stereocenters. The molecule has 3 heteroatoms. The van der Waals surface area contributed by atoms with Crippen LogP contribution < -0.4 is 0 Å². The topological polar surface area (TPSA) is 26.3 Å². The Kier molecular flexibility index (Phi) is 7.36. The third-order valence-corrected chi connectivity index (χ3v) is 1.31. The van der Waals surface area contributed by atoms with Crippen molar-refractivity contribution >= 4 is 8.69 Å². The first-order valence-corrected chi connectivity index (χ1v) is 3.91. The van der Waals surface area contributed by atoms with Crippen LogP contribution in [0.25, 0.3) is 0 Å². The Bertz CT molecular complexity index is 56.4. The predicted molar refractivity (Wildman–Crippen MR) is 35.9 cm³/mol. The maximum Gasteiger partial charge on any atom is 0.179 e. The SMILES string of the molecule is CCCCCO[PH2]=O. The molecule has 0 aliphatic heterocycles. The zero-order valence-corrected chi connectivity index (χ0v) is 6.38. The summed E-state index contributed by atoms with van der Waals surface area (Å²) in [7, 11) is -0.972. The van der Waals surface area contributed by atoms with E-state index in [4.69, 9.17) is 0 Å². The van der Waals surface area contributed by atoms with Crippen LogP contribution in [-0.2, 0) is 9.09 Å². The minimum atomic E-state index is -0.972. The van der Waals surface area contributed by atoms with Gasteiger partial charge >= 0.3 is 0 Å². The highest BCUT2D eigenvalue weighted by Crippen LogP contribution is 1.99. The van der Waals surface area contributed by atoms with Crippen LogP contribution in [-0.4, -0.2) is 6.61 Å². The fourth-order valence-electron chi connectivity index (χ4n) is 0.484. The van der Waals surface area contributed by atoms with Crippen LogP contribution in [0.3, 0.4) is 0 Å². The van der Waals surface area contributed by atoms with E-state index in [-0.39, 0.29) is 0 Å². The third-order valence-electron chi connectivity index (χ3n) is 0.934. The Morgan fingerprint density at radius 2 is 2.25 bits per heavy atom. The first-order valence-electron chi connectivity index (χ1n) is 2.97. The highest BCUT2D eigenvalue weighted by molar-refractivity contribution is 7.17. The number of rotatable bonds is 5. The molecule has 0 rings (SSSR count). The van der Waals surface area contributed by atoms with Crippen molar-refractivity contribution in [1.29, 1.82) is 0 Å². The second kappa shape index (κ2) is 7.19.